The lowest BCUT2D eigenvalue weighted by atomic mass is 10.1. The molecule has 22 heavy (non-hydrogen) atoms. The van der Waals surface area contributed by atoms with Gasteiger partial charge in [0.25, 0.3) is 0 Å². The highest BCUT2D eigenvalue weighted by atomic mass is 16.5. The van der Waals surface area contributed by atoms with Crippen molar-refractivity contribution in [2.75, 3.05) is 7.11 Å². The van der Waals surface area contributed by atoms with Gasteiger partial charge in [0.1, 0.15) is 11.8 Å². The molecule has 1 rings (SSSR count). The molecule has 1 unspecified atom stereocenters. The van der Waals surface area contributed by atoms with Crippen LogP contribution in [0.4, 0.5) is 0 Å². The van der Waals surface area contributed by atoms with Crippen molar-refractivity contribution in [3.8, 4) is 5.75 Å². The van der Waals surface area contributed by atoms with E-state index in [0.29, 0.717) is 12.8 Å². The van der Waals surface area contributed by atoms with E-state index < -0.39 is 12.0 Å². The van der Waals surface area contributed by atoms with E-state index in [2.05, 4.69) is 5.32 Å². The van der Waals surface area contributed by atoms with Crippen LogP contribution >= 0.6 is 0 Å². The summed E-state index contributed by atoms with van der Waals surface area (Å²) in [6.07, 6.45) is 4.49. The molecule has 1 amide bonds. The van der Waals surface area contributed by atoms with E-state index in [0.717, 1.165) is 31.4 Å². The molecule has 0 aromatic heterocycles. The Labute approximate surface area is 131 Å². The summed E-state index contributed by atoms with van der Waals surface area (Å²) in [6.45, 7) is 1.74. The summed E-state index contributed by atoms with van der Waals surface area (Å²) >= 11 is 0. The molecular weight excluding hydrogens is 282 g/mol. The predicted molar refractivity (Wildman–Crippen MR) is 85.0 cm³/mol. The van der Waals surface area contributed by atoms with E-state index in [-0.39, 0.29) is 5.91 Å². The summed E-state index contributed by atoms with van der Waals surface area (Å²) in [5.74, 6) is -0.307. The second-order valence-electron chi connectivity index (χ2n) is 5.28. The number of carboxylic acid groups (broad SMARTS) is 1. The Morgan fingerprint density at radius 3 is 2.41 bits per heavy atom. The Morgan fingerprint density at radius 2 is 1.86 bits per heavy atom. The summed E-state index contributed by atoms with van der Waals surface area (Å²) in [5.41, 5.74) is 1.25. The summed E-state index contributed by atoms with van der Waals surface area (Å²) < 4.78 is 5.11. The van der Waals surface area contributed by atoms with E-state index in [4.69, 9.17) is 9.84 Å². The van der Waals surface area contributed by atoms with Gasteiger partial charge in [-0.15, -0.1) is 0 Å². The topological polar surface area (TPSA) is 75.6 Å². The number of carbonyl (C=O) groups excluding carboxylic acids is 1. The third-order valence-electron chi connectivity index (χ3n) is 3.57. The van der Waals surface area contributed by atoms with Gasteiger partial charge in [-0.1, -0.05) is 25.5 Å². The molecule has 0 bridgehead atoms. The Hall–Kier alpha value is -2.04. The minimum absolute atomic E-state index is 0.182. The average molecular weight is 307 g/mol. The van der Waals surface area contributed by atoms with Crippen molar-refractivity contribution in [2.24, 2.45) is 0 Å². The number of rotatable bonds is 10. The number of ether oxygens (including phenoxy) is 1. The third kappa shape index (κ3) is 6.61. The first-order valence-corrected chi connectivity index (χ1v) is 7.72. The number of amides is 1. The zero-order valence-corrected chi connectivity index (χ0v) is 13.3. The lowest BCUT2D eigenvalue weighted by Crippen LogP contribution is -2.40. The van der Waals surface area contributed by atoms with Gasteiger partial charge in [-0.3, -0.25) is 4.79 Å². The molecule has 5 nitrogen and oxygen atoms in total. The normalized spacial score (nSPS) is 11.7. The van der Waals surface area contributed by atoms with Crippen LogP contribution < -0.4 is 10.1 Å². The van der Waals surface area contributed by atoms with E-state index in [1.807, 2.05) is 24.3 Å². The van der Waals surface area contributed by atoms with Gasteiger partial charge in [-0.05, 0) is 43.4 Å². The summed E-state index contributed by atoms with van der Waals surface area (Å²) in [7, 11) is 1.65. The molecule has 0 saturated carbocycles. The Balaban J connectivity index is 2.16. The van der Waals surface area contributed by atoms with Gasteiger partial charge in [-0.2, -0.15) is 0 Å². The van der Waals surface area contributed by atoms with Crippen molar-refractivity contribution in [3.63, 3.8) is 0 Å². The maximum atomic E-state index is 11.6. The number of aryl methyl sites for hydroxylation is 1. The second-order valence-corrected chi connectivity index (χ2v) is 5.28. The number of carboxylic acids is 1. The molecule has 1 aromatic carbocycles. The first-order chi connectivity index (χ1) is 10.6. The summed E-state index contributed by atoms with van der Waals surface area (Å²) in [6, 6.07) is 7.21. The molecule has 0 radical (unpaired) electrons. The predicted octanol–water partition coefficient (Wildman–Crippen LogP) is 2.78. The zero-order valence-electron chi connectivity index (χ0n) is 13.3. The summed E-state index contributed by atoms with van der Waals surface area (Å²) in [4.78, 5) is 22.5. The van der Waals surface area contributed by atoms with Gasteiger partial charge < -0.3 is 15.2 Å². The number of methoxy groups -OCH3 is 1. The van der Waals surface area contributed by atoms with Crippen LogP contribution in [-0.2, 0) is 16.0 Å². The number of nitrogens with one attached hydrogen (secondary N) is 1. The van der Waals surface area contributed by atoms with Crippen LogP contribution in [0, 0.1) is 0 Å². The highest BCUT2D eigenvalue weighted by molar-refractivity contribution is 5.83. The number of hydrogen-bond acceptors (Lipinski definition) is 3. The van der Waals surface area contributed by atoms with Crippen LogP contribution in [-0.4, -0.2) is 30.1 Å². The van der Waals surface area contributed by atoms with E-state index >= 15 is 0 Å². The lowest BCUT2D eigenvalue weighted by Gasteiger charge is -2.11. The molecule has 0 saturated heterocycles. The number of aliphatic carboxylic acids is 1. The van der Waals surface area contributed by atoms with E-state index in [9.17, 15) is 9.59 Å². The molecule has 5 heteroatoms. The van der Waals surface area contributed by atoms with Gasteiger partial charge in [-0.25, -0.2) is 4.79 Å². The van der Waals surface area contributed by atoms with Crippen molar-refractivity contribution in [2.45, 2.75) is 51.5 Å². The maximum absolute atomic E-state index is 11.6. The van der Waals surface area contributed by atoms with Crippen molar-refractivity contribution >= 4 is 11.9 Å². The number of carbonyl (C=O) groups is 2. The van der Waals surface area contributed by atoms with Crippen molar-refractivity contribution in [1.29, 1.82) is 0 Å². The van der Waals surface area contributed by atoms with Crippen LogP contribution in [0.3, 0.4) is 0 Å². The van der Waals surface area contributed by atoms with Crippen LogP contribution in [0.25, 0.3) is 0 Å². The minimum atomic E-state index is -0.977. The van der Waals surface area contributed by atoms with Crippen LogP contribution in [0.1, 0.15) is 44.6 Å². The standard InChI is InChI=1S/C17H25NO4/c1-3-15(17(20)21)18-16(19)8-6-4-5-7-13-9-11-14(22-2)12-10-13/h9-12,15H,3-8H2,1-2H3,(H,18,19)(H,20,21). The highest BCUT2D eigenvalue weighted by Gasteiger charge is 2.16. The Kier molecular flexibility index (Phi) is 8.04. The van der Waals surface area contributed by atoms with E-state index in [1.165, 1.54) is 5.56 Å². The molecule has 122 valence electrons. The maximum Gasteiger partial charge on any atom is 0.326 e. The molecule has 0 aliphatic carbocycles. The fourth-order valence-corrected chi connectivity index (χ4v) is 2.19. The van der Waals surface area contributed by atoms with Gasteiger partial charge >= 0.3 is 5.97 Å². The monoisotopic (exact) mass is 307 g/mol. The van der Waals surface area contributed by atoms with Crippen LogP contribution in [0.15, 0.2) is 24.3 Å². The molecule has 2 N–H and O–H groups in total. The van der Waals surface area contributed by atoms with Crippen molar-refractivity contribution < 1.29 is 19.4 Å². The molecule has 0 fully saturated rings. The first-order valence-electron chi connectivity index (χ1n) is 7.72. The van der Waals surface area contributed by atoms with Gasteiger partial charge in [0.15, 0.2) is 0 Å². The van der Waals surface area contributed by atoms with Crippen molar-refractivity contribution in [3.05, 3.63) is 29.8 Å². The number of hydrogen-bond donors (Lipinski definition) is 2. The molecule has 0 spiro atoms. The van der Waals surface area contributed by atoms with Gasteiger partial charge in [0.2, 0.25) is 5.91 Å². The smallest absolute Gasteiger partial charge is 0.326 e. The SMILES string of the molecule is CCC(NC(=O)CCCCCc1ccc(OC)cc1)C(=O)O. The molecule has 0 aliphatic heterocycles. The average Bonchev–Trinajstić information content (AvgIpc) is 2.52. The number of unbranched alkanes of at least 4 members (excludes halogenated alkanes) is 2. The molecular formula is C17H25NO4. The second kappa shape index (κ2) is 9.82. The Bertz CT molecular complexity index is 470. The van der Waals surface area contributed by atoms with E-state index in [1.54, 1.807) is 14.0 Å². The quantitative estimate of drug-likeness (QED) is 0.652. The lowest BCUT2D eigenvalue weighted by molar-refractivity contribution is -0.141. The first kappa shape index (κ1) is 18.0. The molecule has 0 heterocycles. The fraction of sp³-hybridized carbons (Fsp3) is 0.529. The van der Waals surface area contributed by atoms with Crippen LogP contribution in [0.5, 0.6) is 5.75 Å². The van der Waals surface area contributed by atoms with Crippen molar-refractivity contribution in [1.82, 2.24) is 5.32 Å². The van der Waals surface area contributed by atoms with Gasteiger partial charge in [0.05, 0.1) is 7.11 Å². The third-order valence-corrected chi connectivity index (χ3v) is 3.57. The molecule has 1 atom stereocenters. The van der Waals surface area contributed by atoms with Crippen LogP contribution in [0.2, 0.25) is 0 Å². The summed E-state index contributed by atoms with van der Waals surface area (Å²) in [5, 5.41) is 11.4. The minimum Gasteiger partial charge on any atom is -0.497 e. The molecule has 0 aliphatic rings. The zero-order chi connectivity index (χ0) is 16.4. The number of benzene rings is 1. The fourth-order valence-electron chi connectivity index (χ4n) is 2.19. The Morgan fingerprint density at radius 1 is 1.18 bits per heavy atom. The van der Waals surface area contributed by atoms with Gasteiger partial charge in [0, 0.05) is 6.42 Å². The molecule has 1 aromatic rings. The highest BCUT2D eigenvalue weighted by Crippen LogP contribution is 2.14. The largest absolute Gasteiger partial charge is 0.497 e.